The molecule has 1 amide bonds. The molecule has 1 aliphatic heterocycles. The number of methoxy groups -OCH3 is 1. The maximum atomic E-state index is 11.1. The molecule has 20 heavy (non-hydrogen) atoms. The number of halogens is 1. The monoisotopic (exact) mass is 298 g/mol. The third kappa shape index (κ3) is 3.85. The van der Waals surface area contributed by atoms with Crippen molar-refractivity contribution in [1.29, 1.82) is 0 Å². The SMILES string of the molecule is COc1ccc(Cl)cc1CN1CCOCC1CC(N)=O. The quantitative estimate of drug-likeness (QED) is 0.893. The first-order valence-electron chi connectivity index (χ1n) is 6.52. The highest BCUT2D eigenvalue weighted by molar-refractivity contribution is 6.30. The molecule has 5 nitrogen and oxygen atoms in total. The molecule has 0 spiro atoms. The van der Waals surface area contributed by atoms with Crippen molar-refractivity contribution in [2.24, 2.45) is 5.73 Å². The summed E-state index contributed by atoms with van der Waals surface area (Å²) >= 11 is 6.04. The van der Waals surface area contributed by atoms with Gasteiger partial charge < -0.3 is 15.2 Å². The van der Waals surface area contributed by atoms with Crippen LogP contribution < -0.4 is 10.5 Å². The maximum Gasteiger partial charge on any atom is 0.219 e. The van der Waals surface area contributed by atoms with E-state index in [-0.39, 0.29) is 11.9 Å². The predicted octanol–water partition coefficient (Wildman–Crippen LogP) is 1.42. The second-order valence-electron chi connectivity index (χ2n) is 4.83. The van der Waals surface area contributed by atoms with Crippen LogP contribution in [-0.2, 0) is 16.1 Å². The Balaban J connectivity index is 2.13. The lowest BCUT2D eigenvalue weighted by molar-refractivity contribution is -0.121. The number of hydrogen-bond donors (Lipinski definition) is 1. The van der Waals surface area contributed by atoms with E-state index in [1.807, 2.05) is 12.1 Å². The van der Waals surface area contributed by atoms with E-state index >= 15 is 0 Å². The van der Waals surface area contributed by atoms with Crippen molar-refractivity contribution in [3.63, 3.8) is 0 Å². The molecule has 1 heterocycles. The smallest absolute Gasteiger partial charge is 0.219 e. The summed E-state index contributed by atoms with van der Waals surface area (Å²) in [6.45, 7) is 2.59. The van der Waals surface area contributed by atoms with Crippen LogP contribution in [0, 0.1) is 0 Å². The number of benzene rings is 1. The summed E-state index contributed by atoms with van der Waals surface area (Å²) in [5.41, 5.74) is 6.29. The van der Waals surface area contributed by atoms with Crippen molar-refractivity contribution < 1.29 is 14.3 Å². The molecule has 1 saturated heterocycles. The lowest BCUT2D eigenvalue weighted by Crippen LogP contribution is -2.46. The van der Waals surface area contributed by atoms with Gasteiger partial charge >= 0.3 is 0 Å². The Morgan fingerprint density at radius 3 is 3.10 bits per heavy atom. The minimum Gasteiger partial charge on any atom is -0.496 e. The average Bonchev–Trinajstić information content (AvgIpc) is 2.41. The lowest BCUT2D eigenvalue weighted by Gasteiger charge is -2.35. The highest BCUT2D eigenvalue weighted by Crippen LogP contribution is 2.25. The minimum atomic E-state index is -0.316. The average molecular weight is 299 g/mol. The molecule has 0 aromatic heterocycles. The Morgan fingerprint density at radius 2 is 2.40 bits per heavy atom. The van der Waals surface area contributed by atoms with Crippen LogP contribution >= 0.6 is 11.6 Å². The number of ether oxygens (including phenoxy) is 2. The Kier molecular flexibility index (Phi) is 5.23. The van der Waals surface area contributed by atoms with Gasteiger partial charge in [0.15, 0.2) is 0 Å². The summed E-state index contributed by atoms with van der Waals surface area (Å²) in [6, 6.07) is 5.53. The van der Waals surface area contributed by atoms with Crippen LogP contribution in [0.2, 0.25) is 5.02 Å². The molecule has 110 valence electrons. The van der Waals surface area contributed by atoms with Gasteiger partial charge in [0, 0.05) is 36.1 Å². The van der Waals surface area contributed by atoms with Crippen molar-refractivity contribution in [2.75, 3.05) is 26.9 Å². The highest BCUT2D eigenvalue weighted by atomic mass is 35.5. The molecule has 2 N–H and O–H groups in total. The summed E-state index contributed by atoms with van der Waals surface area (Å²) in [4.78, 5) is 13.3. The fourth-order valence-corrected chi connectivity index (χ4v) is 2.60. The molecule has 0 bridgehead atoms. The van der Waals surface area contributed by atoms with Crippen molar-refractivity contribution in [3.8, 4) is 5.75 Å². The molecule has 1 aromatic rings. The van der Waals surface area contributed by atoms with Gasteiger partial charge in [-0.05, 0) is 18.2 Å². The Morgan fingerprint density at radius 1 is 1.60 bits per heavy atom. The second-order valence-corrected chi connectivity index (χ2v) is 5.26. The van der Waals surface area contributed by atoms with Crippen molar-refractivity contribution in [1.82, 2.24) is 4.90 Å². The number of rotatable bonds is 5. The molecule has 1 aliphatic rings. The third-order valence-corrected chi connectivity index (χ3v) is 3.64. The molecule has 0 aliphatic carbocycles. The van der Waals surface area contributed by atoms with Gasteiger partial charge in [0.05, 0.1) is 20.3 Å². The Labute approximate surface area is 123 Å². The molecule has 1 aromatic carbocycles. The van der Waals surface area contributed by atoms with Crippen LogP contribution in [0.15, 0.2) is 18.2 Å². The summed E-state index contributed by atoms with van der Waals surface area (Å²) in [7, 11) is 1.63. The van der Waals surface area contributed by atoms with E-state index < -0.39 is 0 Å². The van der Waals surface area contributed by atoms with Gasteiger partial charge in [-0.15, -0.1) is 0 Å². The lowest BCUT2D eigenvalue weighted by atomic mass is 10.1. The number of nitrogens with zero attached hydrogens (tertiary/aromatic N) is 1. The first kappa shape index (κ1) is 15.1. The number of carbonyl (C=O) groups excluding carboxylic acids is 1. The van der Waals surface area contributed by atoms with E-state index in [2.05, 4.69) is 4.90 Å². The number of hydrogen-bond acceptors (Lipinski definition) is 4. The normalized spacial score (nSPS) is 19.8. The molecule has 0 saturated carbocycles. The third-order valence-electron chi connectivity index (χ3n) is 3.40. The standard InChI is InChI=1S/C14H19ClN2O3/c1-19-13-3-2-11(15)6-10(13)8-17-4-5-20-9-12(17)7-14(16)18/h2-3,6,12H,4-5,7-9H2,1H3,(H2,16,18). The van der Waals surface area contributed by atoms with E-state index in [0.29, 0.717) is 31.2 Å². The highest BCUT2D eigenvalue weighted by Gasteiger charge is 2.25. The number of carbonyl (C=O) groups is 1. The van der Waals surface area contributed by atoms with Crippen molar-refractivity contribution in [2.45, 2.75) is 19.0 Å². The van der Waals surface area contributed by atoms with Gasteiger partial charge in [-0.1, -0.05) is 11.6 Å². The van der Waals surface area contributed by atoms with Crippen LogP contribution in [0.25, 0.3) is 0 Å². The zero-order valence-electron chi connectivity index (χ0n) is 11.5. The molecule has 1 fully saturated rings. The van der Waals surface area contributed by atoms with Crippen LogP contribution in [0.1, 0.15) is 12.0 Å². The molecule has 1 atom stereocenters. The Hall–Kier alpha value is -1.30. The number of amides is 1. The first-order chi connectivity index (χ1) is 9.60. The maximum absolute atomic E-state index is 11.1. The fourth-order valence-electron chi connectivity index (χ4n) is 2.41. The van der Waals surface area contributed by atoms with Gasteiger partial charge in [-0.2, -0.15) is 0 Å². The molecule has 0 radical (unpaired) electrons. The van der Waals surface area contributed by atoms with Gasteiger partial charge in [0.1, 0.15) is 5.75 Å². The molecule has 6 heteroatoms. The van der Waals surface area contributed by atoms with Crippen molar-refractivity contribution in [3.05, 3.63) is 28.8 Å². The van der Waals surface area contributed by atoms with E-state index in [0.717, 1.165) is 17.9 Å². The fraction of sp³-hybridized carbons (Fsp3) is 0.500. The molecular weight excluding hydrogens is 280 g/mol. The largest absolute Gasteiger partial charge is 0.496 e. The summed E-state index contributed by atoms with van der Waals surface area (Å²) < 4.78 is 10.8. The Bertz CT molecular complexity index is 481. The number of primary amides is 1. The van der Waals surface area contributed by atoms with Crippen LogP contribution in [0.4, 0.5) is 0 Å². The van der Waals surface area contributed by atoms with Gasteiger partial charge in [0.2, 0.25) is 5.91 Å². The van der Waals surface area contributed by atoms with Crippen LogP contribution in [0.3, 0.4) is 0 Å². The van der Waals surface area contributed by atoms with E-state index in [1.165, 1.54) is 0 Å². The van der Waals surface area contributed by atoms with Crippen LogP contribution in [0.5, 0.6) is 5.75 Å². The van der Waals surface area contributed by atoms with Crippen LogP contribution in [-0.4, -0.2) is 43.7 Å². The minimum absolute atomic E-state index is 0.00457. The summed E-state index contributed by atoms with van der Waals surface area (Å²) in [5, 5.41) is 0.667. The summed E-state index contributed by atoms with van der Waals surface area (Å²) in [6.07, 6.45) is 0.295. The van der Waals surface area contributed by atoms with E-state index in [1.54, 1.807) is 13.2 Å². The van der Waals surface area contributed by atoms with Crippen molar-refractivity contribution >= 4 is 17.5 Å². The molecule has 1 unspecified atom stereocenters. The number of morpholine rings is 1. The van der Waals surface area contributed by atoms with E-state index in [4.69, 9.17) is 26.8 Å². The topological polar surface area (TPSA) is 64.8 Å². The van der Waals surface area contributed by atoms with E-state index in [9.17, 15) is 4.79 Å². The predicted molar refractivity (Wildman–Crippen MR) is 76.8 cm³/mol. The van der Waals surface area contributed by atoms with Gasteiger partial charge in [0.25, 0.3) is 0 Å². The summed E-state index contributed by atoms with van der Waals surface area (Å²) in [5.74, 6) is 0.474. The first-order valence-corrected chi connectivity index (χ1v) is 6.90. The second kappa shape index (κ2) is 6.92. The zero-order chi connectivity index (χ0) is 14.5. The van der Waals surface area contributed by atoms with Gasteiger partial charge in [-0.3, -0.25) is 9.69 Å². The molecule has 2 rings (SSSR count). The zero-order valence-corrected chi connectivity index (χ0v) is 12.2. The van der Waals surface area contributed by atoms with Gasteiger partial charge in [-0.25, -0.2) is 0 Å². The molecular formula is C14H19ClN2O3. The number of nitrogens with two attached hydrogens (primary N) is 1.